The van der Waals surface area contributed by atoms with Crippen molar-refractivity contribution in [2.75, 3.05) is 19.8 Å². The number of rotatable bonds is 7. The lowest BCUT2D eigenvalue weighted by Gasteiger charge is -2.16. The van der Waals surface area contributed by atoms with Crippen LogP contribution >= 0.6 is 23.2 Å². The lowest BCUT2D eigenvalue weighted by Crippen LogP contribution is -2.39. The van der Waals surface area contributed by atoms with Crippen LogP contribution in [0.4, 0.5) is 0 Å². The van der Waals surface area contributed by atoms with E-state index in [0.29, 0.717) is 18.9 Å². The summed E-state index contributed by atoms with van der Waals surface area (Å²) in [6, 6.07) is 0. The van der Waals surface area contributed by atoms with E-state index in [1.165, 1.54) is 0 Å². The Labute approximate surface area is 118 Å². The molecule has 1 rings (SSSR count). The van der Waals surface area contributed by atoms with Gasteiger partial charge in [0.25, 0.3) is 0 Å². The van der Waals surface area contributed by atoms with Gasteiger partial charge in [-0.25, -0.2) is 0 Å². The van der Waals surface area contributed by atoms with E-state index in [1.807, 2.05) is 13.8 Å². The number of amides is 1. The normalized spacial score (nSPS) is 27.1. The van der Waals surface area contributed by atoms with E-state index in [9.17, 15) is 9.90 Å². The number of aliphatic hydroxyl groups is 1. The van der Waals surface area contributed by atoms with E-state index in [1.54, 1.807) is 6.92 Å². The molecule has 18 heavy (non-hydrogen) atoms. The van der Waals surface area contributed by atoms with Gasteiger partial charge in [-0.05, 0) is 19.3 Å². The van der Waals surface area contributed by atoms with Crippen molar-refractivity contribution >= 4 is 29.1 Å². The standard InChI is InChI=1S/C12H21Cl2NO3/c1-8(2)5-18-6-9(16)4-15-10(17)11(3)7-12(11,13)14/h8-9,16H,4-7H2,1-3H3,(H,15,17). The van der Waals surface area contributed by atoms with Crippen LogP contribution in [0.25, 0.3) is 0 Å². The topological polar surface area (TPSA) is 58.6 Å². The van der Waals surface area contributed by atoms with Crippen molar-refractivity contribution in [3.05, 3.63) is 0 Å². The molecule has 1 aliphatic carbocycles. The Bertz CT molecular complexity index is 310. The van der Waals surface area contributed by atoms with Crippen LogP contribution in [-0.2, 0) is 9.53 Å². The van der Waals surface area contributed by atoms with Crippen LogP contribution < -0.4 is 5.32 Å². The molecule has 4 nitrogen and oxygen atoms in total. The third kappa shape index (κ3) is 3.98. The van der Waals surface area contributed by atoms with Gasteiger partial charge < -0.3 is 15.2 Å². The minimum atomic E-state index is -0.976. The fourth-order valence-electron chi connectivity index (χ4n) is 1.55. The molecule has 1 saturated carbocycles. The molecule has 1 amide bonds. The summed E-state index contributed by atoms with van der Waals surface area (Å²) < 4.78 is 4.30. The maximum Gasteiger partial charge on any atom is 0.229 e. The molecule has 2 unspecified atom stereocenters. The van der Waals surface area contributed by atoms with Crippen LogP contribution in [0.15, 0.2) is 0 Å². The number of carbonyl (C=O) groups excluding carboxylic acids is 1. The SMILES string of the molecule is CC(C)COCC(O)CNC(=O)C1(C)CC1(Cl)Cl. The maximum atomic E-state index is 11.8. The second-order valence-electron chi connectivity index (χ2n) is 5.51. The fraction of sp³-hybridized carbons (Fsp3) is 0.917. The van der Waals surface area contributed by atoms with E-state index in [2.05, 4.69) is 5.32 Å². The Morgan fingerprint density at radius 3 is 2.44 bits per heavy atom. The van der Waals surface area contributed by atoms with Crippen molar-refractivity contribution in [1.29, 1.82) is 0 Å². The Kier molecular flexibility index (Phi) is 5.30. The van der Waals surface area contributed by atoms with E-state index in [4.69, 9.17) is 27.9 Å². The van der Waals surface area contributed by atoms with Crippen molar-refractivity contribution in [3.8, 4) is 0 Å². The van der Waals surface area contributed by atoms with Crippen LogP contribution in [-0.4, -0.2) is 41.2 Å². The average molecular weight is 298 g/mol. The molecule has 1 fully saturated rings. The zero-order valence-corrected chi connectivity index (χ0v) is 12.5. The molecule has 1 aliphatic rings. The second-order valence-corrected chi connectivity index (χ2v) is 6.99. The predicted octanol–water partition coefficient (Wildman–Crippen LogP) is 1.72. The van der Waals surface area contributed by atoms with Crippen LogP contribution in [0, 0.1) is 11.3 Å². The molecule has 0 saturated heterocycles. The fourth-order valence-corrected chi connectivity index (χ4v) is 2.26. The van der Waals surface area contributed by atoms with Gasteiger partial charge in [0, 0.05) is 13.2 Å². The summed E-state index contributed by atoms with van der Waals surface area (Å²) in [6.07, 6.45) is -0.273. The van der Waals surface area contributed by atoms with Gasteiger partial charge in [-0.2, -0.15) is 0 Å². The Balaban J connectivity index is 2.19. The summed E-state index contributed by atoms with van der Waals surface area (Å²) >= 11 is 11.8. The molecule has 0 radical (unpaired) electrons. The van der Waals surface area contributed by atoms with Crippen LogP contribution in [0.3, 0.4) is 0 Å². The summed E-state index contributed by atoms with van der Waals surface area (Å²) in [5.41, 5.74) is -0.741. The average Bonchev–Trinajstić information content (AvgIpc) is 2.75. The zero-order chi connectivity index (χ0) is 14.0. The number of halogens is 2. The highest BCUT2D eigenvalue weighted by molar-refractivity contribution is 6.53. The van der Waals surface area contributed by atoms with E-state index < -0.39 is 15.9 Å². The van der Waals surface area contributed by atoms with Gasteiger partial charge in [0.15, 0.2) is 0 Å². The van der Waals surface area contributed by atoms with E-state index in [-0.39, 0.29) is 19.1 Å². The summed E-state index contributed by atoms with van der Waals surface area (Å²) in [4.78, 5) is 11.8. The summed E-state index contributed by atoms with van der Waals surface area (Å²) in [7, 11) is 0. The number of alkyl halides is 2. The molecule has 6 heteroatoms. The van der Waals surface area contributed by atoms with Gasteiger partial charge in [0.1, 0.15) is 4.33 Å². The number of ether oxygens (including phenoxy) is 1. The molecular formula is C12H21Cl2NO3. The summed E-state index contributed by atoms with van der Waals surface area (Å²) in [5, 5.41) is 12.3. The number of carbonyl (C=O) groups is 1. The number of hydrogen-bond acceptors (Lipinski definition) is 3. The van der Waals surface area contributed by atoms with Gasteiger partial charge in [0.05, 0.1) is 18.1 Å². The van der Waals surface area contributed by atoms with Crippen molar-refractivity contribution in [1.82, 2.24) is 5.32 Å². The molecule has 0 aromatic rings. The third-order valence-electron chi connectivity index (χ3n) is 3.02. The number of aliphatic hydroxyl groups excluding tert-OH is 1. The first-order chi connectivity index (χ1) is 8.19. The molecule has 0 aromatic carbocycles. The molecule has 0 aliphatic heterocycles. The van der Waals surface area contributed by atoms with Crippen molar-refractivity contribution in [2.45, 2.75) is 37.6 Å². The van der Waals surface area contributed by atoms with Gasteiger partial charge in [0.2, 0.25) is 5.91 Å². The first kappa shape index (κ1) is 16.0. The number of nitrogens with one attached hydrogen (secondary N) is 1. The monoisotopic (exact) mass is 297 g/mol. The third-order valence-corrected chi connectivity index (χ3v) is 4.12. The van der Waals surface area contributed by atoms with Crippen molar-refractivity contribution in [2.24, 2.45) is 11.3 Å². The van der Waals surface area contributed by atoms with Crippen LogP contribution in [0.5, 0.6) is 0 Å². The maximum absolute atomic E-state index is 11.8. The molecule has 0 spiro atoms. The van der Waals surface area contributed by atoms with Gasteiger partial charge in [-0.1, -0.05) is 13.8 Å². The minimum Gasteiger partial charge on any atom is -0.389 e. The van der Waals surface area contributed by atoms with Crippen LogP contribution in [0.2, 0.25) is 0 Å². The first-order valence-corrected chi connectivity index (χ1v) is 6.86. The van der Waals surface area contributed by atoms with Crippen molar-refractivity contribution < 1.29 is 14.6 Å². The van der Waals surface area contributed by atoms with Gasteiger partial charge >= 0.3 is 0 Å². The first-order valence-electron chi connectivity index (χ1n) is 6.11. The van der Waals surface area contributed by atoms with E-state index >= 15 is 0 Å². The molecule has 0 aromatic heterocycles. The van der Waals surface area contributed by atoms with Gasteiger partial charge in [-0.3, -0.25) is 4.79 Å². The van der Waals surface area contributed by atoms with E-state index in [0.717, 1.165) is 0 Å². The largest absolute Gasteiger partial charge is 0.389 e. The Hall–Kier alpha value is -0.0300. The second kappa shape index (κ2) is 5.95. The Morgan fingerprint density at radius 1 is 1.44 bits per heavy atom. The zero-order valence-electron chi connectivity index (χ0n) is 11.0. The molecule has 2 atom stereocenters. The lowest BCUT2D eigenvalue weighted by atomic mass is 10.1. The van der Waals surface area contributed by atoms with Crippen molar-refractivity contribution in [3.63, 3.8) is 0 Å². The summed E-state index contributed by atoms with van der Waals surface area (Å²) in [5.74, 6) is 0.195. The number of hydrogen-bond donors (Lipinski definition) is 2. The smallest absolute Gasteiger partial charge is 0.229 e. The predicted molar refractivity (Wildman–Crippen MR) is 71.8 cm³/mol. The molecule has 0 heterocycles. The molecule has 2 N–H and O–H groups in total. The molecule has 0 bridgehead atoms. The highest BCUT2D eigenvalue weighted by atomic mass is 35.5. The quantitative estimate of drug-likeness (QED) is 0.704. The molecule has 106 valence electrons. The highest BCUT2D eigenvalue weighted by Gasteiger charge is 2.67. The minimum absolute atomic E-state index is 0.149. The van der Waals surface area contributed by atoms with Crippen LogP contribution in [0.1, 0.15) is 27.2 Å². The highest BCUT2D eigenvalue weighted by Crippen LogP contribution is 2.63. The lowest BCUT2D eigenvalue weighted by molar-refractivity contribution is -0.126. The molecular weight excluding hydrogens is 277 g/mol. The Morgan fingerprint density at radius 2 is 2.00 bits per heavy atom. The van der Waals surface area contributed by atoms with Gasteiger partial charge in [-0.15, -0.1) is 23.2 Å². The summed E-state index contributed by atoms with van der Waals surface area (Å²) in [6.45, 7) is 6.73.